The molecular weight excluding hydrogens is 196 g/mol. The van der Waals surface area contributed by atoms with E-state index >= 15 is 0 Å². The van der Waals surface area contributed by atoms with E-state index in [9.17, 15) is 4.79 Å². The van der Waals surface area contributed by atoms with Crippen LogP contribution in [0, 0.1) is 0 Å². The van der Waals surface area contributed by atoms with Gasteiger partial charge in [0, 0.05) is 0 Å². The summed E-state index contributed by atoms with van der Waals surface area (Å²) in [5.74, 6) is -1.27. The molecule has 1 aromatic carbocycles. The highest BCUT2D eigenvalue weighted by Gasteiger charge is 2.21. The van der Waals surface area contributed by atoms with Crippen molar-refractivity contribution in [2.75, 3.05) is 0 Å². The van der Waals surface area contributed by atoms with Crippen molar-refractivity contribution < 1.29 is 19.7 Å². The van der Waals surface area contributed by atoms with Crippen molar-refractivity contribution in [2.24, 2.45) is 0 Å². The van der Waals surface area contributed by atoms with Crippen molar-refractivity contribution in [1.82, 2.24) is 0 Å². The molecule has 2 N–H and O–H groups in total. The van der Waals surface area contributed by atoms with Gasteiger partial charge in [0.05, 0.1) is 12.7 Å². The molecule has 1 aromatic rings. The maximum Gasteiger partial charge on any atom is 0.335 e. The number of aliphatic carboxylic acids is 1. The predicted molar refractivity (Wildman–Crippen MR) is 54.3 cm³/mol. The molecule has 0 bridgehead atoms. The first kappa shape index (κ1) is 11.7. The number of hydrogen-bond donors (Lipinski definition) is 2. The van der Waals surface area contributed by atoms with E-state index in [4.69, 9.17) is 14.9 Å². The maximum atomic E-state index is 10.4. The Balaban J connectivity index is 2.41. The monoisotopic (exact) mass is 210 g/mol. The van der Waals surface area contributed by atoms with E-state index in [2.05, 4.69) is 0 Å². The number of carboxylic acids is 1. The summed E-state index contributed by atoms with van der Waals surface area (Å²) < 4.78 is 5.22. The molecule has 1 rings (SSSR count). The minimum atomic E-state index is -1.48. The molecule has 82 valence electrons. The van der Waals surface area contributed by atoms with E-state index in [1.807, 2.05) is 30.3 Å². The summed E-state index contributed by atoms with van der Waals surface area (Å²) in [6, 6.07) is 9.38. The molecule has 0 saturated carbocycles. The predicted octanol–water partition coefficient (Wildman–Crippen LogP) is 1.04. The molecule has 15 heavy (non-hydrogen) atoms. The molecule has 0 aliphatic carbocycles. The summed E-state index contributed by atoms with van der Waals surface area (Å²) in [7, 11) is 0. The van der Waals surface area contributed by atoms with Gasteiger partial charge in [0.25, 0.3) is 0 Å². The van der Waals surface area contributed by atoms with Crippen molar-refractivity contribution >= 4 is 5.97 Å². The van der Waals surface area contributed by atoms with Gasteiger partial charge in [-0.3, -0.25) is 0 Å². The third kappa shape index (κ3) is 3.69. The fourth-order valence-corrected chi connectivity index (χ4v) is 1.09. The van der Waals surface area contributed by atoms with Gasteiger partial charge >= 0.3 is 5.97 Å². The van der Waals surface area contributed by atoms with Gasteiger partial charge in [-0.15, -0.1) is 0 Å². The van der Waals surface area contributed by atoms with Crippen molar-refractivity contribution in [1.29, 1.82) is 0 Å². The Morgan fingerprint density at radius 1 is 1.40 bits per heavy atom. The van der Waals surface area contributed by atoms with Crippen LogP contribution in [0.15, 0.2) is 30.3 Å². The van der Waals surface area contributed by atoms with E-state index in [0.717, 1.165) is 5.56 Å². The number of carboxylic acid groups (broad SMARTS) is 1. The highest BCUT2D eigenvalue weighted by molar-refractivity contribution is 5.72. The molecule has 0 heterocycles. The third-order valence-corrected chi connectivity index (χ3v) is 2.05. The molecule has 0 amide bonds. The van der Waals surface area contributed by atoms with E-state index in [0.29, 0.717) is 6.61 Å². The highest BCUT2D eigenvalue weighted by atomic mass is 16.5. The molecule has 0 aliphatic rings. The van der Waals surface area contributed by atoms with E-state index in [-0.39, 0.29) is 0 Å². The van der Waals surface area contributed by atoms with E-state index in [1.165, 1.54) is 6.92 Å². The average Bonchev–Trinajstić information content (AvgIpc) is 2.26. The number of benzene rings is 1. The molecule has 1 unspecified atom stereocenters. The van der Waals surface area contributed by atoms with Crippen LogP contribution in [0.2, 0.25) is 0 Å². The highest BCUT2D eigenvalue weighted by Crippen LogP contribution is 2.05. The van der Waals surface area contributed by atoms with Gasteiger partial charge in [0.1, 0.15) is 0 Å². The van der Waals surface area contributed by atoms with Crippen LogP contribution in [0.4, 0.5) is 0 Å². The molecule has 0 fully saturated rings. The van der Waals surface area contributed by atoms with Crippen LogP contribution in [0.5, 0.6) is 0 Å². The number of aliphatic hydroxyl groups is 1. The molecule has 0 aliphatic heterocycles. The Labute approximate surface area is 88.1 Å². The second-order valence-electron chi connectivity index (χ2n) is 3.28. The van der Waals surface area contributed by atoms with Crippen LogP contribution in [0.25, 0.3) is 0 Å². The van der Waals surface area contributed by atoms with Crippen molar-refractivity contribution in [2.45, 2.75) is 25.7 Å². The van der Waals surface area contributed by atoms with Gasteiger partial charge in [-0.05, 0) is 12.5 Å². The zero-order valence-electron chi connectivity index (χ0n) is 8.46. The standard InChI is InChI=1S/C11H14O4/c1-8(10(12)11(13)14)15-7-9-5-3-2-4-6-9/h2-6,8,10,12H,7H2,1H3,(H,13,14)/t8?,10-/m0/s1. The molecule has 0 radical (unpaired) electrons. The summed E-state index contributed by atoms with van der Waals surface area (Å²) >= 11 is 0. The lowest BCUT2D eigenvalue weighted by Crippen LogP contribution is -2.33. The summed E-state index contributed by atoms with van der Waals surface area (Å²) in [6.45, 7) is 1.83. The smallest absolute Gasteiger partial charge is 0.335 e. The van der Waals surface area contributed by atoms with Gasteiger partial charge in [-0.2, -0.15) is 0 Å². The SMILES string of the molecule is CC(OCc1ccccc1)[C@H](O)C(=O)O. The molecule has 0 saturated heterocycles. The van der Waals surface area contributed by atoms with Crippen molar-refractivity contribution in [3.8, 4) is 0 Å². The van der Waals surface area contributed by atoms with Gasteiger partial charge in [-0.25, -0.2) is 4.79 Å². The lowest BCUT2D eigenvalue weighted by atomic mass is 10.2. The quantitative estimate of drug-likeness (QED) is 0.762. The summed E-state index contributed by atoms with van der Waals surface area (Å²) in [6.07, 6.45) is -2.20. The number of hydrogen-bond acceptors (Lipinski definition) is 3. The van der Waals surface area contributed by atoms with Gasteiger partial charge in [0.15, 0.2) is 6.10 Å². The van der Waals surface area contributed by atoms with Crippen LogP contribution in [-0.2, 0) is 16.1 Å². The van der Waals surface area contributed by atoms with Gasteiger partial charge in [-0.1, -0.05) is 30.3 Å². The molecular formula is C11H14O4. The normalized spacial score (nSPS) is 14.5. The fraction of sp³-hybridized carbons (Fsp3) is 0.364. The van der Waals surface area contributed by atoms with Crippen LogP contribution in [0.1, 0.15) is 12.5 Å². The van der Waals surface area contributed by atoms with Crippen LogP contribution in [-0.4, -0.2) is 28.4 Å². The lowest BCUT2D eigenvalue weighted by molar-refractivity contribution is -0.155. The zero-order valence-corrected chi connectivity index (χ0v) is 8.46. The van der Waals surface area contributed by atoms with E-state index < -0.39 is 18.2 Å². The minimum absolute atomic E-state index is 0.298. The van der Waals surface area contributed by atoms with Crippen molar-refractivity contribution in [3.63, 3.8) is 0 Å². The van der Waals surface area contributed by atoms with E-state index in [1.54, 1.807) is 0 Å². The van der Waals surface area contributed by atoms with Crippen LogP contribution >= 0.6 is 0 Å². The molecule has 0 spiro atoms. The Morgan fingerprint density at radius 3 is 2.53 bits per heavy atom. The lowest BCUT2D eigenvalue weighted by Gasteiger charge is -2.15. The van der Waals surface area contributed by atoms with Gasteiger partial charge in [0.2, 0.25) is 0 Å². The first-order valence-corrected chi connectivity index (χ1v) is 4.67. The molecule has 2 atom stereocenters. The summed E-state index contributed by atoms with van der Waals surface area (Å²) in [5.41, 5.74) is 0.946. The fourth-order valence-electron chi connectivity index (χ4n) is 1.09. The first-order chi connectivity index (χ1) is 7.11. The third-order valence-electron chi connectivity index (χ3n) is 2.05. The van der Waals surface area contributed by atoms with Crippen molar-refractivity contribution in [3.05, 3.63) is 35.9 Å². The van der Waals surface area contributed by atoms with Gasteiger partial charge < -0.3 is 14.9 Å². The number of rotatable bonds is 5. The Kier molecular flexibility index (Phi) is 4.27. The summed E-state index contributed by atoms with van der Waals surface area (Å²) in [4.78, 5) is 10.4. The van der Waals surface area contributed by atoms with Crippen LogP contribution in [0.3, 0.4) is 0 Å². The second kappa shape index (κ2) is 5.48. The first-order valence-electron chi connectivity index (χ1n) is 4.67. The minimum Gasteiger partial charge on any atom is -0.479 e. The Hall–Kier alpha value is -1.39. The second-order valence-corrected chi connectivity index (χ2v) is 3.28. The number of aliphatic hydroxyl groups excluding tert-OH is 1. The topological polar surface area (TPSA) is 66.8 Å². The Bertz CT molecular complexity index is 310. The molecule has 0 aromatic heterocycles. The summed E-state index contributed by atoms with van der Waals surface area (Å²) in [5, 5.41) is 17.7. The number of ether oxygens (including phenoxy) is 1. The van der Waals surface area contributed by atoms with Crippen LogP contribution < -0.4 is 0 Å². The molecule has 4 heteroatoms. The average molecular weight is 210 g/mol. The largest absolute Gasteiger partial charge is 0.479 e. The molecule has 4 nitrogen and oxygen atoms in total. The maximum absolute atomic E-state index is 10.4. The number of carbonyl (C=O) groups is 1. The zero-order chi connectivity index (χ0) is 11.3. The Morgan fingerprint density at radius 2 is 2.00 bits per heavy atom.